The Bertz CT molecular complexity index is 2600. The SMILES string of the molecule is O=C(NC1(C(=O)N[C@H](Cc2c[nH]c3ccccc23)c2ncc(-c3ccccc3)[nH]2)C[C@@H]1c1cccc2ccccc12)OCC1c2ccccc2C2CCC=CC21. The van der Waals surface area contributed by atoms with Crippen molar-refractivity contribution < 1.29 is 14.3 Å². The largest absolute Gasteiger partial charge is 0.449 e. The number of hydrogen-bond acceptors (Lipinski definition) is 4. The number of carbonyl (C=O) groups is 2. The van der Waals surface area contributed by atoms with Gasteiger partial charge in [-0.3, -0.25) is 4.79 Å². The Morgan fingerprint density at radius 3 is 2.48 bits per heavy atom. The summed E-state index contributed by atoms with van der Waals surface area (Å²) >= 11 is 0. The zero-order valence-electron chi connectivity index (χ0n) is 31.0. The van der Waals surface area contributed by atoms with Crippen LogP contribution in [0.15, 0.2) is 146 Å². The van der Waals surface area contributed by atoms with E-state index in [1.807, 2.05) is 79.1 Å². The Hall–Kier alpha value is -6.41. The summed E-state index contributed by atoms with van der Waals surface area (Å²) in [7, 11) is 0. The summed E-state index contributed by atoms with van der Waals surface area (Å²) in [6.07, 6.45) is 10.9. The quantitative estimate of drug-likeness (QED) is 0.105. The van der Waals surface area contributed by atoms with E-state index in [9.17, 15) is 4.79 Å². The maximum absolute atomic E-state index is 15.0. The molecule has 2 heterocycles. The lowest BCUT2D eigenvalue weighted by molar-refractivity contribution is -0.125. The molecule has 3 aliphatic rings. The van der Waals surface area contributed by atoms with Crippen molar-refractivity contribution in [2.24, 2.45) is 5.92 Å². The lowest BCUT2D eigenvalue weighted by Gasteiger charge is -2.26. The van der Waals surface area contributed by atoms with Crippen molar-refractivity contribution in [1.82, 2.24) is 25.6 Å². The summed E-state index contributed by atoms with van der Waals surface area (Å²) in [4.78, 5) is 40.7. The van der Waals surface area contributed by atoms with Crippen LogP contribution in [0.4, 0.5) is 4.79 Å². The van der Waals surface area contributed by atoms with Crippen LogP contribution in [-0.4, -0.2) is 39.1 Å². The minimum atomic E-state index is -1.23. The second-order valence-electron chi connectivity index (χ2n) is 15.6. The second-order valence-corrected chi connectivity index (χ2v) is 15.6. The van der Waals surface area contributed by atoms with Crippen molar-refractivity contribution in [2.45, 2.75) is 55.0 Å². The molecule has 0 radical (unpaired) electrons. The van der Waals surface area contributed by atoms with E-state index >= 15 is 4.79 Å². The van der Waals surface area contributed by atoms with Gasteiger partial charge in [-0.2, -0.15) is 0 Å². The molecule has 8 nitrogen and oxygen atoms in total. The van der Waals surface area contributed by atoms with Crippen molar-refractivity contribution in [2.75, 3.05) is 6.61 Å². The summed E-state index contributed by atoms with van der Waals surface area (Å²) in [6, 6.07) is 40.6. The van der Waals surface area contributed by atoms with Crippen molar-refractivity contribution >= 4 is 33.7 Å². The van der Waals surface area contributed by atoms with E-state index in [0.29, 0.717) is 24.6 Å². The predicted octanol–water partition coefficient (Wildman–Crippen LogP) is 9.61. The average molecular weight is 738 g/mol. The van der Waals surface area contributed by atoms with Gasteiger partial charge in [0.2, 0.25) is 5.91 Å². The van der Waals surface area contributed by atoms with Crippen LogP contribution in [-0.2, 0) is 16.0 Å². The molecule has 1 saturated carbocycles. The number of benzene rings is 5. The number of amides is 2. The molecule has 0 spiro atoms. The van der Waals surface area contributed by atoms with Crippen LogP contribution >= 0.6 is 0 Å². The summed E-state index contributed by atoms with van der Waals surface area (Å²) < 4.78 is 6.12. The minimum absolute atomic E-state index is 0.0645. The molecule has 10 rings (SSSR count). The van der Waals surface area contributed by atoms with E-state index in [1.54, 1.807) is 0 Å². The van der Waals surface area contributed by atoms with Gasteiger partial charge in [-0.25, -0.2) is 9.78 Å². The molecular formula is C48H43N5O3. The number of imidazole rings is 1. The third-order valence-electron chi connectivity index (χ3n) is 12.4. The maximum atomic E-state index is 15.0. The van der Waals surface area contributed by atoms with E-state index in [4.69, 9.17) is 9.72 Å². The number of para-hydroxylation sites is 1. The molecule has 56 heavy (non-hydrogen) atoms. The van der Waals surface area contributed by atoms with Gasteiger partial charge in [0, 0.05) is 35.4 Å². The number of carbonyl (C=O) groups excluding carboxylic acids is 2. The first-order chi connectivity index (χ1) is 27.6. The highest BCUT2D eigenvalue weighted by Crippen LogP contribution is 2.54. The van der Waals surface area contributed by atoms with Gasteiger partial charge in [0.25, 0.3) is 0 Å². The van der Waals surface area contributed by atoms with Crippen LogP contribution in [0.25, 0.3) is 32.9 Å². The highest BCUT2D eigenvalue weighted by Gasteiger charge is 2.63. The van der Waals surface area contributed by atoms with Gasteiger partial charge >= 0.3 is 6.09 Å². The second kappa shape index (κ2) is 14.0. The summed E-state index contributed by atoms with van der Waals surface area (Å²) in [5, 5.41) is 9.77. The first kappa shape index (κ1) is 34.1. The molecule has 4 N–H and O–H groups in total. The van der Waals surface area contributed by atoms with E-state index in [0.717, 1.165) is 56.9 Å². The zero-order chi connectivity index (χ0) is 37.6. The molecule has 3 aliphatic carbocycles. The number of alkyl carbamates (subject to hydrolysis) is 1. The molecule has 0 aliphatic heterocycles. The number of hydrogen-bond donors (Lipinski definition) is 4. The predicted molar refractivity (Wildman–Crippen MR) is 219 cm³/mol. The molecule has 7 aromatic rings. The number of rotatable bonds is 10. The van der Waals surface area contributed by atoms with Crippen LogP contribution < -0.4 is 10.6 Å². The lowest BCUT2D eigenvalue weighted by atomic mass is 9.81. The number of allylic oxidation sites excluding steroid dienone is 2. The van der Waals surface area contributed by atoms with Crippen LogP contribution in [0, 0.1) is 5.92 Å². The standard InChI is InChI=1S/C48H43N5O3/c54-46(52-43(25-32-27-49-42-24-11-10-18-34(32)42)45-50-28-44(51-45)31-14-2-1-3-15-31)48(26-41(48)39-23-12-16-30-13-4-5-17-33(30)39)53-47(55)56-29-40-37-21-8-6-19-35(37)36-20-7-9-22-38(36)40/h1-6,8-19,21-24,27-28,36,38,40-41,43,49H,7,20,25-26,29H2,(H,50,51)(H,52,54)(H,53,55)/t36?,38?,40?,41-,43-,48?/m1/s1. The van der Waals surface area contributed by atoms with Crippen molar-refractivity contribution in [3.05, 3.63) is 174 Å². The van der Waals surface area contributed by atoms with E-state index in [1.165, 1.54) is 11.1 Å². The summed E-state index contributed by atoms with van der Waals surface area (Å²) in [5.41, 5.74) is 6.35. The number of H-pyrrole nitrogens is 2. The molecule has 2 aromatic heterocycles. The molecule has 1 fully saturated rings. The van der Waals surface area contributed by atoms with Gasteiger partial charge in [0.05, 0.1) is 17.9 Å². The van der Waals surface area contributed by atoms with Gasteiger partial charge in [0.15, 0.2) is 0 Å². The average Bonchev–Trinajstić information content (AvgIpc) is 3.53. The lowest BCUT2D eigenvalue weighted by Crippen LogP contribution is -2.51. The van der Waals surface area contributed by atoms with E-state index < -0.39 is 17.7 Å². The fraction of sp³-hybridized carbons (Fsp3) is 0.229. The molecule has 0 saturated heterocycles. The summed E-state index contributed by atoms with van der Waals surface area (Å²) in [6.45, 7) is 0.239. The Labute approximate surface area is 325 Å². The normalized spacial score (nSPS) is 22.6. The first-order valence-corrected chi connectivity index (χ1v) is 19.7. The van der Waals surface area contributed by atoms with Crippen LogP contribution in [0.3, 0.4) is 0 Å². The molecule has 5 aromatic carbocycles. The van der Waals surface area contributed by atoms with Gasteiger partial charge in [0.1, 0.15) is 18.0 Å². The smallest absolute Gasteiger partial charge is 0.408 e. The number of nitrogens with one attached hydrogen (secondary N) is 4. The first-order valence-electron chi connectivity index (χ1n) is 19.7. The maximum Gasteiger partial charge on any atom is 0.408 e. The minimum Gasteiger partial charge on any atom is -0.449 e. The Morgan fingerprint density at radius 2 is 1.59 bits per heavy atom. The molecule has 278 valence electrons. The molecule has 4 unspecified atom stereocenters. The molecular weight excluding hydrogens is 695 g/mol. The third kappa shape index (κ3) is 6.06. The fourth-order valence-electron chi connectivity index (χ4n) is 9.55. The van der Waals surface area contributed by atoms with Gasteiger partial charge in [-0.1, -0.05) is 127 Å². The van der Waals surface area contributed by atoms with Crippen LogP contribution in [0.1, 0.15) is 71.1 Å². The number of aromatic nitrogens is 3. The number of ether oxygens (including phenoxy) is 1. The Balaban J connectivity index is 0.967. The number of nitrogens with zero attached hydrogens (tertiary/aromatic N) is 1. The highest BCUT2D eigenvalue weighted by molar-refractivity contribution is 5.97. The zero-order valence-corrected chi connectivity index (χ0v) is 31.0. The topological polar surface area (TPSA) is 112 Å². The van der Waals surface area contributed by atoms with Crippen LogP contribution in [0.2, 0.25) is 0 Å². The fourth-order valence-corrected chi connectivity index (χ4v) is 9.55. The Morgan fingerprint density at radius 1 is 0.839 bits per heavy atom. The van der Waals surface area contributed by atoms with Crippen LogP contribution in [0.5, 0.6) is 0 Å². The summed E-state index contributed by atoms with van der Waals surface area (Å²) in [5.74, 6) is 0.894. The number of fused-ring (bicyclic) bond motifs is 5. The van der Waals surface area contributed by atoms with Gasteiger partial charge in [-0.05, 0) is 75.8 Å². The van der Waals surface area contributed by atoms with E-state index in [2.05, 4.69) is 87.4 Å². The van der Waals surface area contributed by atoms with Gasteiger partial charge in [-0.15, -0.1) is 0 Å². The molecule has 8 heteroatoms. The molecule has 6 atom stereocenters. The molecule has 2 amide bonds. The Kier molecular flexibility index (Phi) is 8.54. The number of aromatic amines is 2. The van der Waals surface area contributed by atoms with Crippen molar-refractivity contribution in [1.29, 1.82) is 0 Å². The van der Waals surface area contributed by atoms with E-state index in [-0.39, 0.29) is 30.3 Å². The third-order valence-corrected chi connectivity index (χ3v) is 12.4. The van der Waals surface area contributed by atoms with Crippen molar-refractivity contribution in [3.63, 3.8) is 0 Å². The van der Waals surface area contributed by atoms with Crippen molar-refractivity contribution in [3.8, 4) is 11.3 Å². The highest BCUT2D eigenvalue weighted by atomic mass is 16.5. The molecule has 0 bridgehead atoms. The van der Waals surface area contributed by atoms with Gasteiger partial charge < -0.3 is 25.3 Å². The monoisotopic (exact) mass is 737 g/mol.